The normalized spacial score (nSPS) is 14.1. The summed E-state index contributed by atoms with van der Waals surface area (Å²) in [6, 6.07) is 70.1. The zero-order valence-corrected chi connectivity index (χ0v) is 31.8. The lowest BCUT2D eigenvalue weighted by Crippen LogP contribution is -2.31. The molecule has 264 valence electrons. The van der Waals surface area contributed by atoms with Crippen molar-refractivity contribution in [2.75, 3.05) is 4.90 Å². The molecular weight excluding hydrogens is 663 g/mol. The third kappa shape index (κ3) is 4.93. The van der Waals surface area contributed by atoms with E-state index in [0.717, 1.165) is 11.4 Å². The van der Waals surface area contributed by atoms with Gasteiger partial charge in [0.15, 0.2) is 0 Å². The van der Waals surface area contributed by atoms with Crippen LogP contribution in [0.15, 0.2) is 188 Å². The van der Waals surface area contributed by atoms with E-state index in [4.69, 9.17) is 0 Å². The van der Waals surface area contributed by atoms with Crippen LogP contribution in [0.3, 0.4) is 0 Å². The first-order valence-corrected chi connectivity index (χ1v) is 19.4. The van der Waals surface area contributed by atoms with Crippen LogP contribution >= 0.6 is 0 Å². The van der Waals surface area contributed by atoms with Crippen LogP contribution in [-0.2, 0) is 10.8 Å². The Balaban J connectivity index is 1.29. The molecule has 8 aromatic carbocycles. The number of rotatable bonds is 6. The van der Waals surface area contributed by atoms with E-state index in [9.17, 15) is 0 Å². The molecule has 2 aliphatic carbocycles. The highest BCUT2D eigenvalue weighted by Crippen LogP contribution is 2.61. The maximum atomic E-state index is 2.53. The van der Waals surface area contributed by atoms with Gasteiger partial charge in [-0.15, -0.1) is 0 Å². The minimum Gasteiger partial charge on any atom is -0.310 e. The fraction of sp³-hybridized carbons (Fsp3) is 0.111. The Morgan fingerprint density at radius 1 is 0.400 bits per heavy atom. The van der Waals surface area contributed by atoms with Crippen molar-refractivity contribution in [3.05, 3.63) is 233 Å². The molecule has 2 aliphatic rings. The fourth-order valence-corrected chi connectivity index (χ4v) is 9.96. The first-order valence-electron chi connectivity index (χ1n) is 19.4. The minimum absolute atomic E-state index is 0.133. The van der Waals surface area contributed by atoms with Crippen molar-refractivity contribution < 1.29 is 0 Å². The molecule has 0 heterocycles. The molecule has 8 aromatic rings. The van der Waals surface area contributed by atoms with Gasteiger partial charge in [-0.25, -0.2) is 0 Å². The lowest BCUT2D eigenvalue weighted by atomic mass is 9.66. The number of nitrogens with zero attached hydrogens (tertiary/aromatic N) is 1. The highest BCUT2D eigenvalue weighted by Gasteiger charge is 2.49. The average Bonchev–Trinajstić information content (AvgIpc) is 3.66. The van der Waals surface area contributed by atoms with Crippen LogP contribution in [0.4, 0.5) is 17.1 Å². The van der Waals surface area contributed by atoms with Crippen LogP contribution in [0, 0.1) is 13.8 Å². The summed E-state index contributed by atoms with van der Waals surface area (Å²) in [6.45, 7) is 9.28. The Bertz CT molecular complexity index is 2680. The quantitative estimate of drug-likeness (QED) is 0.166. The van der Waals surface area contributed by atoms with Gasteiger partial charge < -0.3 is 4.90 Å². The van der Waals surface area contributed by atoms with E-state index >= 15 is 0 Å². The standard InChI is InChI=1S/C54H43N/c1-36-33-37(2)51-47(34-36)46-24-16-26-50(52(46)54(51,40-19-10-6-11-20-40)41-21-12-7-13-22-41)55(42-29-27-39(28-30-42)38-17-8-5-9-18-38)43-31-32-45-44-23-14-15-25-48(44)53(3,4)49(45)35-43/h5-35H,1-4H3. The Morgan fingerprint density at radius 3 is 1.65 bits per heavy atom. The summed E-state index contributed by atoms with van der Waals surface area (Å²) in [6.07, 6.45) is 0. The van der Waals surface area contributed by atoms with Gasteiger partial charge in [-0.1, -0.05) is 177 Å². The lowest BCUT2D eigenvalue weighted by molar-refractivity contribution is 0.660. The zero-order chi connectivity index (χ0) is 37.3. The third-order valence-corrected chi connectivity index (χ3v) is 12.3. The van der Waals surface area contributed by atoms with E-state index in [0.29, 0.717) is 0 Å². The summed E-state index contributed by atoms with van der Waals surface area (Å²) < 4.78 is 0. The molecule has 55 heavy (non-hydrogen) atoms. The van der Waals surface area contributed by atoms with Gasteiger partial charge in [-0.2, -0.15) is 0 Å². The number of anilines is 3. The smallest absolute Gasteiger partial charge is 0.0736 e. The van der Waals surface area contributed by atoms with Gasteiger partial charge in [-0.3, -0.25) is 0 Å². The van der Waals surface area contributed by atoms with Crippen molar-refractivity contribution in [3.8, 4) is 33.4 Å². The van der Waals surface area contributed by atoms with Gasteiger partial charge in [0.05, 0.1) is 11.1 Å². The summed E-state index contributed by atoms with van der Waals surface area (Å²) in [5.74, 6) is 0. The number of hydrogen-bond acceptors (Lipinski definition) is 1. The van der Waals surface area contributed by atoms with Crippen molar-refractivity contribution in [3.63, 3.8) is 0 Å². The van der Waals surface area contributed by atoms with Gasteiger partial charge in [0.25, 0.3) is 0 Å². The number of benzene rings is 8. The maximum absolute atomic E-state index is 2.53. The number of hydrogen-bond donors (Lipinski definition) is 0. The summed E-state index contributed by atoms with van der Waals surface area (Å²) in [5.41, 5.74) is 21.0. The molecule has 0 radical (unpaired) electrons. The molecule has 0 spiro atoms. The predicted molar refractivity (Wildman–Crippen MR) is 231 cm³/mol. The largest absolute Gasteiger partial charge is 0.310 e. The molecule has 1 heteroatoms. The molecule has 10 rings (SSSR count). The van der Waals surface area contributed by atoms with Crippen molar-refractivity contribution >= 4 is 17.1 Å². The van der Waals surface area contributed by atoms with Crippen molar-refractivity contribution in [2.45, 2.75) is 38.5 Å². The summed E-state index contributed by atoms with van der Waals surface area (Å²) in [5, 5.41) is 0. The van der Waals surface area contributed by atoms with Gasteiger partial charge in [0.2, 0.25) is 0 Å². The van der Waals surface area contributed by atoms with Crippen LogP contribution in [0.1, 0.15) is 58.4 Å². The summed E-state index contributed by atoms with van der Waals surface area (Å²) >= 11 is 0. The van der Waals surface area contributed by atoms with Crippen LogP contribution in [0.25, 0.3) is 33.4 Å². The summed E-state index contributed by atoms with van der Waals surface area (Å²) in [7, 11) is 0. The van der Waals surface area contributed by atoms with Gasteiger partial charge in [-0.05, 0) is 111 Å². The number of fused-ring (bicyclic) bond motifs is 6. The second-order valence-electron chi connectivity index (χ2n) is 15.8. The predicted octanol–water partition coefficient (Wildman–Crippen LogP) is 14.1. The van der Waals surface area contributed by atoms with Crippen LogP contribution < -0.4 is 4.90 Å². The van der Waals surface area contributed by atoms with E-state index in [2.05, 4.69) is 221 Å². The van der Waals surface area contributed by atoms with Crippen LogP contribution in [-0.4, -0.2) is 0 Å². The third-order valence-electron chi connectivity index (χ3n) is 12.3. The van der Waals surface area contributed by atoms with E-state index in [1.807, 2.05) is 0 Å². The topological polar surface area (TPSA) is 3.24 Å². The van der Waals surface area contributed by atoms with Crippen molar-refractivity contribution in [1.29, 1.82) is 0 Å². The van der Waals surface area contributed by atoms with Crippen molar-refractivity contribution in [2.24, 2.45) is 0 Å². The minimum atomic E-state index is -0.559. The molecule has 1 nitrogen and oxygen atoms in total. The van der Waals surface area contributed by atoms with Gasteiger partial charge in [0, 0.05) is 22.4 Å². The van der Waals surface area contributed by atoms with E-state index in [-0.39, 0.29) is 5.41 Å². The molecule has 0 bridgehead atoms. The molecule has 0 fully saturated rings. The Hall–Kier alpha value is -6.44. The molecule has 0 saturated carbocycles. The van der Waals surface area contributed by atoms with Crippen LogP contribution in [0.5, 0.6) is 0 Å². The van der Waals surface area contributed by atoms with Crippen molar-refractivity contribution in [1.82, 2.24) is 0 Å². The fourth-order valence-electron chi connectivity index (χ4n) is 9.96. The Labute approximate surface area is 325 Å². The highest BCUT2D eigenvalue weighted by molar-refractivity contribution is 5.96. The molecule has 0 aliphatic heterocycles. The Morgan fingerprint density at radius 2 is 0.964 bits per heavy atom. The number of aryl methyl sites for hydroxylation is 2. The SMILES string of the molecule is Cc1cc(C)c2c(c1)-c1cccc(N(c3ccc(-c4ccccc4)cc3)c3ccc4c(c3)C(C)(C)c3ccccc3-4)c1C2(c1ccccc1)c1ccccc1. The molecule has 0 aromatic heterocycles. The van der Waals surface area contributed by atoms with Gasteiger partial charge >= 0.3 is 0 Å². The maximum Gasteiger partial charge on any atom is 0.0736 e. The Kier molecular flexibility index (Phi) is 7.58. The highest BCUT2D eigenvalue weighted by atomic mass is 15.1. The molecule has 0 unspecified atom stereocenters. The van der Waals surface area contributed by atoms with E-state index in [1.165, 1.54) is 83.6 Å². The first kappa shape index (κ1) is 33.2. The lowest BCUT2D eigenvalue weighted by Gasteiger charge is -2.38. The molecule has 0 atom stereocenters. The van der Waals surface area contributed by atoms with E-state index in [1.54, 1.807) is 0 Å². The summed E-state index contributed by atoms with van der Waals surface area (Å²) in [4.78, 5) is 2.53. The molecule has 0 amide bonds. The molecular formula is C54H43N. The molecule has 0 N–H and O–H groups in total. The van der Waals surface area contributed by atoms with E-state index < -0.39 is 5.41 Å². The second-order valence-corrected chi connectivity index (χ2v) is 15.8. The van der Waals surface area contributed by atoms with Gasteiger partial charge in [0.1, 0.15) is 0 Å². The second kappa shape index (κ2) is 12.6. The monoisotopic (exact) mass is 705 g/mol. The van der Waals surface area contributed by atoms with Crippen LogP contribution in [0.2, 0.25) is 0 Å². The first-order chi connectivity index (χ1) is 26.9. The average molecular weight is 706 g/mol. The zero-order valence-electron chi connectivity index (χ0n) is 31.8. The molecule has 0 saturated heterocycles.